The fourth-order valence-electron chi connectivity index (χ4n) is 3.95. The molecule has 1 heterocycles. The number of hydrogen-bond acceptors (Lipinski definition) is 5. The van der Waals surface area contributed by atoms with Crippen molar-refractivity contribution in [2.75, 3.05) is 13.2 Å². The van der Waals surface area contributed by atoms with Crippen LogP contribution in [0.1, 0.15) is 24.7 Å². The quantitative estimate of drug-likeness (QED) is 0.625. The Morgan fingerprint density at radius 1 is 1.13 bits per heavy atom. The Labute approximate surface area is 134 Å². The molecule has 1 spiro atoms. The van der Waals surface area contributed by atoms with Crippen molar-refractivity contribution in [2.24, 2.45) is 17.3 Å². The lowest BCUT2D eigenvalue weighted by molar-refractivity contribution is -0.239. The Hall–Kier alpha value is -1.44. The monoisotopic (exact) mass is 340 g/mol. The summed E-state index contributed by atoms with van der Waals surface area (Å²) >= 11 is 0. The highest BCUT2D eigenvalue weighted by molar-refractivity contribution is 7.81. The lowest BCUT2D eigenvalue weighted by Gasteiger charge is -2.41. The molecule has 7 heteroatoms. The van der Waals surface area contributed by atoms with Crippen molar-refractivity contribution >= 4 is 10.5 Å². The van der Waals surface area contributed by atoms with Crippen molar-refractivity contribution in [2.45, 2.75) is 19.1 Å². The predicted octanol–water partition coefficient (Wildman–Crippen LogP) is 2.91. The van der Waals surface area contributed by atoms with Gasteiger partial charge in [0.15, 0.2) is 6.29 Å². The first-order chi connectivity index (χ1) is 10.9. The molecule has 0 N–H and O–H groups in total. The van der Waals surface area contributed by atoms with Crippen molar-refractivity contribution in [1.82, 2.24) is 0 Å². The van der Waals surface area contributed by atoms with Crippen LogP contribution in [0.15, 0.2) is 36.4 Å². The molecule has 2 aliphatic carbocycles. The first-order valence-corrected chi connectivity index (χ1v) is 8.90. The van der Waals surface area contributed by atoms with Gasteiger partial charge in [0.05, 0.1) is 13.2 Å². The fourth-order valence-corrected chi connectivity index (χ4v) is 4.29. The minimum Gasteiger partial charge on any atom is -0.358 e. The van der Waals surface area contributed by atoms with Gasteiger partial charge in [-0.2, -0.15) is 8.42 Å². The molecule has 0 amide bonds. The zero-order chi connectivity index (χ0) is 16.1. The summed E-state index contributed by atoms with van der Waals surface area (Å²) in [4.78, 5) is 0. The molecule has 2 bridgehead atoms. The number of allylic oxidation sites excluding steroid dienone is 2. The Morgan fingerprint density at radius 3 is 2.35 bits per heavy atom. The van der Waals surface area contributed by atoms with Crippen LogP contribution in [0, 0.1) is 17.3 Å². The van der Waals surface area contributed by atoms with Gasteiger partial charge in [-0.1, -0.05) is 28.2 Å². The summed E-state index contributed by atoms with van der Waals surface area (Å²) in [5.41, 5.74) is 0.850. The largest absolute Gasteiger partial charge is 0.488 e. The van der Waals surface area contributed by atoms with Crippen LogP contribution in [0.25, 0.3) is 0 Å². The minimum absolute atomic E-state index is 0.0817. The van der Waals surface area contributed by atoms with Gasteiger partial charge >= 0.3 is 10.5 Å². The van der Waals surface area contributed by atoms with Crippen LogP contribution in [-0.4, -0.2) is 21.6 Å². The van der Waals surface area contributed by atoms with Gasteiger partial charge in [-0.3, -0.25) is 0 Å². The molecule has 2 unspecified atom stereocenters. The molecule has 0 radical (unpaired) electrons. The van der Waals surface area contributed by atoms with Gasteiger partial charge in [-0.25, -0.2) is 0 Å². The SMILES string of the molecule is O=S(=O)(F)Oc1ccc(C2OCC3(CO2)CC2C=CC3C2)cc1. The minimum atomic E-state index is -5.00. The highest BCUT2D eigenvalue weighted by Crippen LogP contribution is 2.54. The molecule has 1 aromatic carbocycles. The van der Waals surface area contributed by atoms with E-state index in [4.69, 9.17) is 9.47 Å². The molecular formula is C16H17FO5S. The third kappa shape index (κ3) is 2.88. The van der Waals surface area contributed by atoms with Crippen molar-refractivity contribution in [1.29, 1.82) is 0 Å². The zero-order valence-electron chi connectivity index (χ0n) is 12.4. The molecule has 1 saturated heterocycles. The van der Waals surface area contributed by atoms with Gasteiger partial charge in [0.25, 0.3) is 0 Å². The standard InChI is InChI=1S/C16H17FO5S/c17-23(18,19)22-14-5-2-12(3-6-14)15-20-9-16(10-21-15)8-11-1-4-13(16)7-11/h1-6,11,13,15H,7-10H2. The maximum atomic E-state index is 12.5. The summed E-state index contributed by atoms with van der Waals surface area (Å²) < 4.78 is 49.3. The number of fused-ring (bicyclic) bond motifs is 3. The van der Waals surface area contributed by atoms with Crippen LogP contribution in [0.5, 0.6) is 5.75 Å². The Balaban J connectivity index is 1.42. The van der Waals surface area contributed by atoms with Gasteiger partial charge in [0.2, 0.25) is 0 Å². The van der Waals surface area contributed by atoms with E-state index in [9.17, 15) is 12.3 Å². The van der Waals surface area contributed by atoms with Gasteiger partial charge in [-0.05, 0) is 36.8 Å². The average Bonchev–Trinajstić information content (AvgIpc) is 3.08. The molecule has 23 heavy (non-hydrogen) atoms. The van der Waals surface area contributed by atoms with Crippen molar-refractivity contribution in [3.8, 4) is 5.75 Å². The summed E-state index contributed by atoms with van der Waals surface area (Å²) in [6, 6.07) is 5.99. The first-order valence-electron chi connectivity index (χ1n) is 7.59. The van der Waals surface area contributed by atoms with E-state index in [0.29, 0.717) is 25.0 Å². The summed E-state index contributed by atoms with van der Waals surface area (Å²) in [6.07, 6.45) is 6.40. The van der Waals surface area contributed by atoms with Gasteiger partial charge in [0, 0.05) is 11.0 Å². The van der Waals surface area contributed by atoms with Gasteiger partial charge < -0.3 is 13.7 Å². The predicted molar refractivity (Wildman–Crippen MR) is 79.5 cm³/mol. The normalized spacial score (nSPS) is 35.8. The summed E-state index contributed by atoms with van der Waals surface area (Å²) in [5.74, 6) is 1.11. The topological polar surface area (TPSA) is 61.8 Å². The van der Waals surface area contributed by atoms with E-state index < -0.39 is 16.8 Å². The lowest BCUT2D eigenvalue weighted by Crippen LogP contribution is -2.41. The van der Waals surface area contributed by atoms with E-state index in [1.807, 2.05) is 0 Å². The molecule has 4 rings (SSSR count). The number of halogens is 1. The second-order valence-electron chi connectivity index (χ2n) is 6.55. The highest BCUT2D eigenvalue weighted by Gasteiger charge is 2.51. The zero-order valence-corrected chi connectivity index (χ0v) is 13.2. The highest BCUT2D eigenvalue weighted by atomic mass is 32.3. The van der Waals surface area contributed by atoms with E-state index in [-0.39, 0.29) is 11.2 Å². The molecule has 1 saturated carbocycles. The maximum absolute atomic E-state index is 12.5. The molecule has 2 atom stereocenters. The summed E-state index contributed by atoms with van der Waals surface area (Å²) in [6.45, 7) is 1.31. The van der Waals surface area contributed by atoms with E-state index in [0.717, 1.165) is 12.0 Å². The lowest BCUT2D eigenvalue weighted by atomic mass is 9.76. The van der Waals surface area contributed by atoms with Gasteiger partial charge in [0.1, 0.15) is 5.75 Å². The molecule has 1 aromatic rings. The van der Waals surface area contributed by atoms with Crippen molar-refractivity contribution in [3.63, 3.8) is 0 Å². The first kappa shape index (κ1) is 15.1. The average molecular weight is 340 g/mol. The van der Waals surface area contributed by atoms with Gasteiger partial charge in [-0.15, -0.1) is 0 Å². The van der Waals surface area contributed by atoms with Crippen molar-refractivity contribution in [3.05, 3.63) is 42.0 Å². The molecule has 5 nitrogen and oxygen atoms in total. The van der Waals surface area contributed by atoms with E-state index >= 15 is 0 Å². The van der Waals surface area contributed by atoms with E-state index in [1.54, 1.807) is 12.1 Å². The molecule has 0 aromatic heterocycles. The second kappa shape index (κ2) is 5.29. The molecular weight excluding hydrogens is 323 g/mol. The number of hydrogen-bond donors (Lipinski definition) is 0. The Morgan fingerprint density at radius 2 is 1.83 bits per heavy atom. The summed E-state index contributed by atoms with van der Waals surface area (Å²) in [7, 11) is -5.00. The molecule has 2 fully saturated rings. The number of benzene rings is 1. The van der Waals surface area contributed by atoms with E-state index in [1.165, 1.54) is 18.6 Å². The van der Waals surface area contributed by atoms with Crippen molar-refractivity contribution < 1.29 is 26.0 Å². The summed E-state index contributed by atoms with van der Waals surface area (Å²) in [5, 5.41) is 0. The van der Waals surface area contributed by atoms with Crippen LogP contribution >= 0.6 is 0 Å². The molecule has 1 aliphatic heterocycles. The maximum Gasteiger partial charge on any atom is 0.488 e. The van der Waals surface area contributed by atoms with Crippen LogP contribution in [-0.2, 0) is 20.0 Å². The van der Waals surface area contributed by atoms with Crippen LogP contribution in [0.4, 0.5) is 3.89 Å². The molecule has 3 aliphatic rings. The van der Waals surface area contributed by atoms with Crippen LogP contribution < -0.4 is 4.18 Å². The second-order valence-corrected chi connectivity index (χ2v) is 7.51. The fraction of sp³-hybridized carbons (Fsp3) is 0.500. The van der Waals surface area contributed by atoms with Crippen LogP contribution in [0.2, 0.25) is 0 Å². The molecule has 124 valence electrons. The van der Waals surface area contributed by atoms with Crippen LogP contribution in [0.3, 0.4) is 0 Å². The third-order valence-corrected chi connectivity index (χ3v) is 5.41. The Kier molecular flexibility index (Phi) is 3.48. The smallest absolute Gasteiger partial charge is 0.358 e. The van der Waals surface area contributed by atoms with E-state index in [2.05, 4.69) is 16.3 Å². The number of rotatable bonds is 3. The number of ether oxygens (including phenoxy) is 2. The third-order valence-electron chi connectivity index (χ3n) is 5.02. The Bertz CT molecular complexity index is 719.